The molecule has 0 radical (unpaired) electrons. The molecule has 0 aliphatic rings. The molecule has 0 heterocycles. The minimum atomic E-state index is -0.988. The van der Waals surface area contributed by atoms with Crippen LogP contribution >= 0.6 is 0 Å². The average molecular weight is 254 g/mol. The molecule has 102 valence electrons. The molecule has 1 aromatic rings. The van der Waals surface area contributed by atoms with Gasteiger partial charge in [-0.25, -0.2) is 4.79 Å². The monoisotopic (exact) mass is 254 g/mol. The van der Waals surface area contributed by atoms with Gasteiger partial charge in [0.25, 0.3) is 0 Å². The van der Waals surface area contributed by atoms with Gasteiger partial charge in [0.2, 0.25) is 0 Å². The fourth-order valence-electron chi connectivity index (χ4n) is 1.44. The van der Waals surface area contributed by atoms with Crippen LogP contribution in [0.4, 0.5) is 5.69 Å². The number of aliphatic hydroxyl groups is 1. The highest BCUT2D eigenvalue weighted by molar-refractivity contribution is 5.93. The molecular formula is C13H22N2O3. The molecule has 1 unspecified atom stereocenters. The van der Waals surface area contributed by atoms with Crippen LogP contribution in [-0.2, 0) is 0 Å². The maximum absolute atomic E-state index is 10.3. The summed E-state index contributed by atoms with van der Waals surface area (Å²) in [6.07, 6.45) is -0.287. The highest BCUT2D eigenvalue weighted by Gasteiger charge is 2.04. The molecule has 0 aromatic heterocycles. The van der Waals surface area contributed by atoms with Gasteiger partial charge in [0.1, 0.15) is 6.23 Å². The Morgan fingerprint density at radius 2 is 1.83 bits per heavy atom. The lowest BCUT2D eigenvalue weighted by atomic mass is 10.2. The Hall–Kier alpha value is -1.59. The van der Waals surface area contributed by atoms with Crippen LogP contribution in [0.15, 0.2) is 24.3 Å². The highest BCUT2D eigenvalue weighted by atomic mass is 16.4. The average Bonchev–Trinajstić information content (AvgIpc) is 2.31. The fourth-order valence-corrected chi connectivity index (χ4v) is 1.44. The van der Waals surface area contributed by atoms with E-state index in [4.69, 9.17) is 15.9 Å². The normalized spacial score (nSPS) is 11.6. The molecule has 0 fully saturated rings. The van der Waals surface area contributed by atoms with Crippen LogP contribution < -0.4 is 5.73 Å². The Labute approximate surface area is 108 Å². The first-order valence-electron chi connectivity index (χ1n) is 5.93. The lowest BCUT2D eigenvalue weighted by molar-refractivity contribution is 0.0265. The number of rotatable bonds is 4. The summed E-state index contributed by atoms with van der Waals surface area (Å²) in [5.74, 6) is -0.988. The minimum absolute atomic E-state index is 0.155. The Bertz CT molecular complexity index is 363. The molecule has 1 atom stereocenters. The maximum atomic E-state index is 10.3. The zero-order valence-corrected chi connectivity index (χ0v) is 11.1. The first kappa shape index (κ1) is 16.4. The van der Waals surface area contributed by atoms with E-state index in [0.717, 1.165) is 13.1 Å². The van der Waals surface area contributed by atoms with E-state index in [2.05, 4.69) is 0 Å². The Morgan fingerprint density at radius 3 is 2.06 bits per heavy atom. The second-order valence-corrected chi connectivity index (χ2v) is 3.75. The number of aliphatic hydroxyl groups excluding tert-OH is 1. The van der Waals surface area contributed by atoms with Crippen LogP contribution in [0.1, 0.15) is 31.1 Å². The van der Waals surface area contributed by atoms with Crippen LogP contribution in [0.5, 0.6) is 0 Å². The summed E-state index contributed by atoms with van der Waals surface area (Å²) in [5.41, 5.74) is 5.80. The third-order valence-electron chi connectivity index (χ3n) is 2.53. The van der Waals surface area contributed by atoms with E-state index >= 15 is 0 Å². The summed E-state index contributed by atoms with van der Waals surface area (Å²) in [6, 6.07) is 6.36. The largest absolute Gasteiger partial charge is 0.478 e. The van der Waals surface area contributed by atoms with Gasteiger partial charge >= 0.3 is 5.97 Å². The van der Waals surface area contributed by atoms with Gasteiger partial charge < -0.3 is 15.9 Å². The Balaban J connectivity index is 0.000000331. The molecule has 1 aromatic carbocycles. The molecule has 0 spiro atoms. The number of carboxylic acid groups (broad SMARTS) is 1. The number of benzene rings is 1. The number of nitrogens with zero attached hydrogens (tertiary/aromatic N) is 1. The number of anilines is 1. The molecule has 0 amide bonds. The minimum Gasteiger partial charge on any atom is -0.478 e. The molecule has 0 bridgehead atoms. The standard InChI is InChI=1S/C7H7NO2.C6H15NO/c8-6-4-2-1-3-5(6)7(9)10;1-4-7(5-2)6(3)8/h1-4H,8H2,(H,9,10);6,8H,4-5H2,1-3H3. The van der Waals surface area contributed by atoms with Crippen LogP contribution in [-0.4, -0.2) is 40.4 Å². The number of nitrogens with two attached hydrogens (primary N) is 1. The van der Waals surface area contributed by atoms with Gasteiger partial charge in [-0.1, -0.05) is 26.0 Å². The van der Waals surface area contributed by atoms with Crippen molar-refractivity contribution in [3.05, 3.63) is 29.8 Å². The highest BCUT2D eigenvalue weighted by Crippen LogP contribution is 2.09. The molecule has 0 aliphatic heterocycles. The number of hydrogen-bond acceptors (Lipinski definition) is 4. The quantitative estimate of drug-likeness (QED) is 0.561. The predicted octanol–water partition coefficient (Wildman–Crippen LogP) is 1.63. The lowest BCUT2D eigenvalue weighted by Crippen LogP contribution is -2.32. The van der Waals surface area contributed by atoms with E-state index in [9.17, 15) is 4.79 Å². The van der Waals surface area contributed by atoms with Crippen LogP contribution in [0.2, 0.25) is 0 Å². The number of aromatic carboxylic acids is 1. The molecule has 0 aliphatic carbocycles. The number of carbonyl (C=O) groups is 1. The van der Waals surface area contributed by atoms with Crippen LogP contribution in [0, 0.1) is 0 Å². The zero-order valence-electron chi connectivity index (χ0n) is 11.1. The van der Waals surface area contributed by atoms with Gasteiger partial charge in [-0.2, -0.15) is 0 Å². The third-order valence-corrected chi connectivity index (χ3v) is 2.53. The van der Waals surface area contributed by atoms with Crippen molar-refractivity contribution in [3.63, 3.8) is 0 Å². The number of carboxylic acids is 1. The molecule has 18 heavy (non-hydrogen) atoms. The van der Waals surface area contributed by atoms with Crippen molar-refractivity contribution in [1.82, 2.24) is 4.90 Å². The van der Waals surface area contributed by atoms with Crippen molar-refractivity contribution in [2.75, 3.05) is 18.8 Å². The Kier molecular flexibility index (Phi) is 7.74. The van der Waals surface area contributed by atoms with E-state index in [0.29, 0.717) is 5.69 Å². The zero-order chi connectivity index (χ0) is 14.1. The maximum Gasteiger partial charge on any atom is 0.337 e. The SMILES string of the molecule is CCN(CC)C(C)O.Nc1ccccc1C(=O)O. The summed E-state index contributed by atoms with van der Waals surface area (Å²) >= 11 is 0. The van der Waals surface area contributed by atoms with Crippen molar-refractivity contribution >= 4 is 11.7 Å². The molecule has 5 nitrogen and oxygen atoms in total. The number of hydrogen-bond donors (Lipinski definition) is 3. The van der Waals surface area contributed by atoms with Crippen LogP contribution in [0.25, 0.3) is 0 Å². The van der Waals surface area contributed by atoms with Crippen LogP contribution in [0.3, 0.4) is 0 Å². The van der Waals surface area contributed by atoms with E-state index in [1.54, 1.807) is 25.1 Å². The van der Waals surface area contributed by atoms with Gasteiger partial charge in [0.05, 0.1) is 5.56 Å². The van der Waals surface area contributed by atoms with Gasteiger partial charge in [0.15, 0.2) is 0 Å². The summed E-state index contributed by atoms with van der Waals surface area (Å²) in [5, 5.41) is 17.4. The van der Waals surface area contributed by atoms with E-state index in [-0.39, 0.29) is 11.8 Å². The van der Waals surface area contributed by atoms with E-state index in [1.165, 1.54) is 6.07 Å². The smallest absolute Gasteiger partial charge is 0.337 e. The first-order chi connectivity index (χ1) is 8.43. The second-order valence-electron chi connectivity index (χ2n) is 3.75. The van der Waals surface area contributed by atoms with Gasteiger partial charge in [-0.3, -0.25) is 4.90 Å². The van der Waals surface area contributed by atoms with Crippen molar-refractivity contribution in [3.8, 4) is 0 Å². The summed E-state index contributed by atoms with van der Waals surface area (Å²) < 4.78 is 0. The summed E-state index contributed by atoms with van der Waals surface area (Å²) in [7, 11) is 0. The third kappa shape index (κ3) is 5.65. The molecule has 0 saturated heterocycles. The number of para-hydroxylation sites is 1. The fraction of sp³-hybridized carbons (Fsp3) is 0.462. The second kappa shape index (κ2) is 8.49. The number of nitrogen functional groups attached to an aromatic ring is 1. The molecule has 0 saturated carbocycles. The topological polar surface area (TPSA) is 86.8 Å². The van der Waals surface area contributed by atoms with Crippen molar-refractivity contribution in [2.45, 2.75) is 27.0 Å². The summed E-state index contributed by atoms with van der Waals surface area (Å²) in [6.45, 7) is 7.71. The van der Waals surface area contributed by atoms with Crippen molar-refractivity contribution in [2.24, 2.45) is 0 Å². The van der Waals surface area contributed by atoms with Gasteiger partial charge in [-0.05, 0) is 32.1 Å². The molecular weight excluding hydrogens is 232 g/mol. The molecule has 5 heteroatoms. The molecule has 1 rings (SSSR count). The van der Waals surface area contributed by atoms with E-state index in [1.807, 2.05) is 18.7 Å². The molecule has 4 N–H and O–H groups in total. The van der Waals surface area contributed by atoms with E-state index < -0.39 is 5.97 Å². The Morgan fingerprint density at radius 1 is 1.33 bits per heavy atom. The summed E-state index contributed by atoms with van der Waals surface area (Å²) in [4.78, 5) is 12.3. The first-order valence-corrected chi connectivity index (χ1v) is 5.93. The predicted molar refractivity (Wildman–Crippen MR) is 72.4 cm³/mol. The lowest BCUT2D eigenvalue weighted by Gasteiger charge is -2.20. The van der Waals surface area contributed by atoms with Gasteiger partial charge in [0, 0.05) is 5.69 Å². The van der Waals surface area contributed by atoms with Gasteiger partial charge in [-0.15, -0.1) is 0 Å². The van der Waals surface area contributed by atoms with Crippen molar-refractivity contribution < 1.29 is 15.0 Å². The van der Waals surface area contributed by atoms with Crippen molar-refractivity contribution in [1.29, 1.82) is 0 Å².